The van der Waals surface area contributed by atoms with Crippen LogP contribution in [-0.4, -0.2) is 29.2 Å². The van der Waals surface area contributed by atoms with Crippen LogP contribution in [0.15, 0.2) is 0 Å². The average Bonchev–Trinajstić information content (AvgIpc) is 2.47. The number of carboxylic acid groups (broad SMARTS) is 1. The van der Waals surface area contributed by atoms with Crippen molar-refractivity contribution in [2.24, 2.45) is 11.8 Å². The minimum absolute atomic E-state index is 0.322. The van der Waals surface area contributed by atoms with Gasteiger partial charge < -0.3 is 15.7 Å². The standard InChI is InChI=1S/C16H28N2O3/c1-12-7-3-4-8-13(12)11-17-15(21)18-16(14(19)20)9-5-2-6-10-16/h12-13H,2-11H2,1H3,(H,19,20)(H2,17,18,21). The van der Waals surface area contributed by atoms with Crippen LogP contribution in [0.3, 0.4) is 0 Å². The summed E-state index contributed by atoms with van der Waals surface area (Å²) < 4.78 is 0. The van der Waals surface area contributed by atoms with Crippen molar-refractivity contribution in [1.29, 1.82) is 0 Å². The van der Waals surface area contributed by atoms with Gasteiger partial charge in [-0.25, -0.2) is 9.59 Å². The van der Waals surface area contributed by atoms with Crippen molar-refractivity contribution in [2.45, 2.75) is 70.3 Å². The van der Waals surface area contributed by atoms with Gasteiger partial charge in [0.25, 0.3) is 0 Å². The van der Waals surface area contributed by atoms with Gasteiger partial charge in [-0.1, -0.05) is 45.4 Å². The normalized spacial score (nSPS) is 28.6. The molecule has 2 saturated carbocycles. The van der Waals surface area contributed by atoms with Gasteiger partial charge >= 0.3 is 12.0 Å². The Labute approximate surface area is 126 Å². The van der Waals surface area contributed by atoms with E-state index < -0.39 is 11.5 Å². The Morgan fingerprint density at radius 2 is 1.76 bits per heavy atom. The third-order valence-electron chi connectivity index (χ3n) is 5.28. The molecule has 2 aliphatic carbocycles. The summed E-state index contributed by atoms with van der Waals surface area (Å²) in [4.78, 5) is 23.6. The van der Waals surface area contributed by atoms with E-state index in [-0.39, 0.29) is 6.03 Å². The molecule has 3 N–H and O–H groups in total. The summed E-state index contributed by atoms with van der Waals surface area (Å²) in [6.45, 7) is 2.89. The average molecular weight is 296 g/mol. The summed E-state index contributed by atoms with van der Waals surface area (Å²) in [5.74, 6) is 0.266. The largest absolute Gasteiger partial charge is 0.480 e. The van der Waals surface area contributed by atoms with E-state index in [0.717, 1.165) is 25.7 Å². The number of carboxylic acids is 1. The summed E-state index contributed by atoms with van der Waals surface area (Å²) in [5, 5.41) is 15.1. The molecule has 0 heterocycles. The van der Waals surface area contributed by atoms with Crippen LogP contribution in [0, 0.1) is 11.8 Å². The number of carbonyl (C=O) groups excluding carboxylic acids is 1. The molecule has 0 aromatic heterocycles. The highest BCUT2D eigenvalue weighted by Crippen LogP contribution is 2.30. The second-order valence-corrected chi connectivity index (χ2v) is 6.80. The van der Waals surface area contributed by atoms with Gasteiger partial charge in [0.2, 0.25) is 0 Å². The number of aliphatic carboxylic acids is 1. The fraction of sp³-hybridized carbons (Fsp3) is 0.875. The lowest BCUT2D eigenvalue weighted by Crippen LogP contribution is -2.58. The van der Waals surface area contributed by atoms with Gasteiger partial charge in [-0.15, -0.1) is 0 Å². The second kappa shape index (κ2) is 7.14. The van der Waals surface area contributed by atoms with Crippen LogP contribution in [0.5, 0.6) is 0 Å². The topological polar surface area (TPSA) is 78.4 Å². The quantitative estimate of drug-likeness (QED) is 0.746. The molecule has 0 radical (unpaired) electrons. The second-order valence-electron chi connectivity index (χ2n) is 6.80. The zero-order chi connectivity index (χ0) is 15.3. The fourth-order valence-corrected chi connectivity index (χ4v) is 3.73. The Bertz CT molecular complexity index is 378. The number of amides is 2. The van der Waals surface area contributed by atoms with E-state index in [2.05, 4.69) is 17.6 Å². The number of nitrogens with one attached hydrogen (secondary N) is 2. The zero-order valence-electron chi connectivity index (χ0n) is 13.0. The lowest BCUT2D eigenvalue weighted by molar-refractivity contribution is -0.145. The van der Waals surface area contributed by atoms with Crippen molar-refractivity contribution < 1.29 is 14.7 Å². The third kappa shape index (κ3) is 4.11. The molecule has 5 nitrogen and oxygen atoms in total. The number of hydrogen-bond donors (Lipinski definition) is 3. The van der Waals surface area contributed by atoms with Crippen molar-refractivity contribution in [1.82, 2.24) is 10.6 Å². The monoisotopic (exact) mass is 296 g/mol. The fourth-order valence-electron chi connectivity index (χ4n) is 3.73. The highest BCUT2D eigenvalue weighted by molar-refractivity contribution is 5.86. The molecule has 0 aliphatic heterocycles. The van der Waals surface area contributed by atoms with Crippen LogP contribution in [0.2, 0.25) is 0 Å². The molecule has 5 heteroatoms. The van der Waals surface area contributed by atoms with E-state index >= 15 is 0 Å². The van der Waals surface area contributed by atoms with E-state index in [4.69, 9.17) is 0 Å². The number of hydrogen-bond acceptors (Lipinski definition) is 2. The Morgan fingerprint density at radius 3 is 2.38 bits per heavy atom. The van der Waals surface area contributed by atoms with Crippen molar-refractivity contribution >= 4 is 12.0 Å². The minimum atomic E-state index is -1.06. The Balaban J connectivity index is 1.83. The van der Waals surface area contributed by atoms with Crippen molar-refractivity contribution in [2.75, 3.05) is 6.54 Å². The van der Waals surface area contributed by atoms with Gasteiger partial charge in [-0.05, 0) is 31.1 Å². The van der Waals surface area contributed by atoms with Crippen molar-refractivity contribution in [3.05, 3.63) is 0 Å². The van der Waals surface area contributed by atoms with E-state index in [1.165, 1.54) is 19.3 Å². The molecule has 0 aromatic carbocycles. The first kappa shape index (κ1) is 16.1. The Morgan fingerprint density at radius 1 is 1.10 bits per heavy atom. The molecule has 2 unspecified atom stereocenters. The lowest BCUT2D eigenvalue weighted by Gasteiger charge is -2.34. The van der Waals surface area contributed by atoms with Gasteiger partial charge in [-0.3, -0.25) is 0 Å². The summed E-state index contributed by atoms with van der Waals surface area (Å²) >= 11 is 0. The molecule has 0 spiro atoms. The molecule has 120 valence electrons. The van der Waals surface area contributed by atoms with E-state index in [0.29, 0.717) is 31.2 Å². The molecule has 0 bridgehead atoms. The molecule has 0 aromatic rings. The van der Waals surface area contributed by atoms with Gasteiger partial charge in [0, 0.05) is 6.54 Å². The number of rotatable bonds is 4. The molecule has 0 saturated heterocycles. The molecular formula is C16H28N2O3. The Hall–Kier alpha value is -1.26. The highest BCUT2D eigenvalue weighted by Gasteiger charge is 2.41. The van der Waals surface area contributed by atoms with Gasteiger partial charge in [0.1, 0.15) is 5.54 Å². The molecule has 2 fully saturated rings. The smallest absolute Gasteiger partial charge is 0.329 e. The predicted molar refractivity (Wildman–Crippen MR) is 81.1 cm³/mol. The van der Waals surface area contributed by atoms with E-state index in [1.807, 2.05) is 0 Å². The maximum absolute atomic E-state index is 12.1. The van der Waals surface area contributed by atoms with Gasteiger partial charge in [-0.2, -0.15) is 0 Å². The lowest BCUT2D eigenvalue weighted by atomic mass is 9.80. The first-order chi connectivity index (χ1) is 10.0. The zero-order valence-corrected chi connectivity index (χ0v) is 13.0. The maximum Gasteiger partial charge on any atom is 0.329 e. The van der Waals surface area contributed by atoms with Crippen LogP contribution in [-0.2, 0) is 4.79 Å². The van der Waals surface area contributed by atoms with Gasteiger partial charge in [0.15, 0.2) is 0 Å². The molecule has 2 atom stereocenters. The SMILES string of the molecule is CC1CCCCC1CNC(=O)NC1(C(=O)O)CCCCC1. The van der Waals surface area contributed by atoms with Crippen LogP contribution < -0.4 is 10.6 Å². The summed E-state index contributed by atoms with van der Waals surface area (Å²) in [6, 6.07) is -0.322. The Kier molecular flexibility index (Phi) is 5.48. The highest BCUT2D eigenvalue weighted by atomic mass is 16.4. The summed E-state index contributed by atoms with van der Waals surface area (Å²) in [6.07, 6.45) is 8.77. The van der Waals surface area contributed by atoms with Crippen molar-refractivity contribution in [3.8, 4) is 0 Å². The molecular weight excluding hydrogens is 268 g/mol. The van der Waals surface area contributed by atoms with Crippen LogP contribution in [0.1, 0.15) is 64.7 Å². The maximum atomic E-state index is 12.1. The molecule has 2 amide bonds. The van der Waals surface area contributed by atoms with Crippen LogP contribution in [0.25, 0.3) is 0 Å². The van der Waals surface area contributed by atoms with E-state index in [1.54, 1.807) is 0 Å². The minimum Gasteiger partial charge on any atom is -0.480 e. The molecule has 2 aliphatic rings. The predicted octanol–water partition coefficient (Wildman–Crippen LogP) is 2.90. The van der Waals surface area contributed by atoms with Crippen molar-refractivity contribution in [3.63, 3.8) is 0 Å². The van der Waals surface area contributed by atoms with E-state index in [9.17, 15) is 14.7 Å². The first-order valence-corrected chi connectivity index (χ1v) is 8.33. The van der Waals surface area contributed by atoms with Crippen LogP contribution in [0.4, 0.5) is 4.79 Å². The summed E-state index contributed by atoms with van der Waals surface area (Å²) in [5.41, 5.74) is -1.06. The molecule has 2 rings (SSSR count). The number of urea groups is 1. The number of carbonyl (C=O) groups is 2. The first-order valence-electron chi connectivity index (χ1n) is 8.33. The van der Waals surface area contributed by atoms with Gasteiger partial charge in [0.05, 0.1) is 0 Å². The van der Waals surface area contributed by atoms with Crippen LogP contribution >= 0.6 is 0 Å². The third-order valence-corrected chi connectivity index (χ3v) is 5.28. The summed E-state index contributed by atoms with van der Waals surface area (Å²) in [7, 11) is 0. The molecule has 21 heavy (non-hydrogen) atoms.